The second kappa shape index (κ2) is 17.3. The average molecular weight is 683 g/mol. The number of benzene rings is 4. The molecule has 2 fully saturated rings. The molecule has 10 heteroatoms. The Morgan fingerprint density at radius 3 is 1.24 bits per heavy atom. The van der Waals surface area contributed by atoms with E-state index in [9.17, 15) is 9.59 Å². The molecule has 0 aromatic heterocycles. The summed E-state index contributed by atoms with van der Waals surface area (Å²) in [5.74, 6) is 1.38. The topological polar surface area (TPSA) is 115 Å². The first-order chi connectivity index (χ1) is 24.4. The average Bonchev–Trinajstić information content (AvgIpc) is 4.09. The zero-order valence-electron chi connectivity index (χ0n) is 28.3. The second-order valence-corrected chi connectivity index (χ2v) is 12.2. The predicted octanol–water partition coefficient (Wildman–Crippen LogP) is 7.32. The molecule has 4 aromatic rings. The van der Waals surface area contributed by atoms with Crippen molar-refractivity contribution in [2.24, 2.45) is 0 Å². The monoisotopic (exact) mass is 682 g/mol. The van der Waals surface area contributed by atoms with Gasteiger partial charge >= 0.3 is 11.9 Å². The highest BCUT2D eigenvalue weighted by atomic mass is 16.6. The van der Waals surface area contributed by atoms with Gasteiger partial charge in [0.1, 0.15) is 35.2 Å². The van der Waals surface area contributed by atoms with Gasteiger partial charge in [-0.15, -0.1) is 0 Å². The normalized spacial score (nSPS) is 17.3. The first-order valence-electron chi connectivity index (χ1n) is 17.0. The molecule has 0 N–H and O–H groups in total. The van der Waals surface area contributed by atoms with Crippen LogP contribution in [0.5, 0.6) is 23.0 Å². The molecule has 2 saturated heterocycles. The third-order valence-electron chi connectivity index (χ3n) is 8.25. The van der Waals surface area contributed by atoms with Crippen LogP contribution in [0.1, 0.15) is 70.7 Å². The molecule has 4 unspecified atom stereocenters. The fourth-order valence-electron chi connectivity index (χ4n) is 4.93. The van der Waals surface area contributed by atoms with Crippen LogP contribution in [-0.4, -0.2) is 63.8 Å². The molecule has 4 atom stereocenters. The van der Waals surface area contributed by atoms with E-state index in [1.54, 1.807) is 72.8 Å². The van der Waals surface area contributed by atoms with E-state index in [0.717, 1.165) is 37.2 Å². The van der Waals surface area contributed by atoms with Crippen molar-refractivity contribution in [3.8, 4) is 23.0 Å². The van der Waals surface area contributed by atoms with E-state index in [-0.39, 0.29) is 24.4 Å². The maximum absolute atomic E-state index is 12.6. The van der Waals surface area contributed by atoms with Crippen molar-refractivity contribution in [1.29, 1.82) is 0 Å². The molecule has 0 spiro atoms. The van der Waals surface area contributed by atoms with Gasteiger partial charge in [-0.05, 0) is 111 Å². The number of epoxide rings is 2. The van der Waals surface area contributed by atoms with Gasteiger partial charge in [-0.3, -0.25) is 0 Å². The van der Waals surface area contributed by atoms with Crippen molar-refractivity contribution in [3.05, 3.63) is 119 Å². The molecule has 2 heterocycles. The highest BCUT2D eigenvalue weighted by Gasteiger charge is 2.24. The van der Waals surface area contributed by atoms with Crippen LogP contribution in [0.4, 0.5) is 0 Å². The van der Waals surface area contributed by atoms with E-state index >= 15 is 0 Å². The van der Waals surface area contributed by atoms with Gasteiger partial charge in [0.05, 0.1) is 63.0 Å². The molecular weight excluding hydrogens is 640 g/mol. The summed E-state index contributed by atoms with van der Waals surface area (Å²) in [6.07, 6.45) is 1.85. The van der Waals surface area contributed by atoms with Crippen LogP contribution in [0.15, 0.2) is 97.1 Å². The number of carbonyl (C=O) groups is 2. The summed E-state index contributed by atoms with van der Waals surface area (Å²) in [7, 11) is 0. The van der Waals surface area contributed by atoms with E-state index in [0.29, 0.717) is 60.6 Å². The summed E-state index contributed by atoms with van der Waals surface area (Å²) < 4.78 is 44.6. The van der Waals surface area contributed by atoms with Gasteiger partial charge in [-0.25, -0.2) is 9.59 Å². The van der Waals surface area contributed by atoms with Crippen molar-refractivity contribution in [3.63, 3.8) is 0 Å². The minimum Gasteiger partial charge on any atom is -0.494 e. The van der Waals surface area contributed by atoms with Crippen LogP contribution in [0.2, 0.25) is 0 Å². The van der Waals surface area contributed by atoms with Gasteiger partial charge in [0.25, 0.3) is 0 Å². The number of hydrogen-bond acceptors (Lipinski definition) is 10. The summed E-state index contributed by atoms with van der Waals surface area (Å²) in [6, 6.07) is 28.4. The van der Waals surface area contributed by atoms with E-state index in [4.69, 9.17) is 37.9 Å². The first kappa shape index (κ1) is 35.1. The second-order valence-electron chi connectivity index (χ2n) is 12.2. The van der Waals surface area contributed by atoms with Crippen LogP contribution >= 0.6 is 0 Å². The lowest BCUT2D eigenvalue weighted by molar-refractivity contribution is 0.0538. The highest BCUT2D eigenvalue weighted by Crippen LogP contribution is 2.25. The van der Waals surface area contributed by atoms with Gasteiger partial charge in [-0.1, -0.05) is 24.3 Å². The van der Waals surface area contributed by atoms with Crippen LogP contribution in [0.3, 0.4) is 0 Å². The van der Waals surface area contributed by atoms with Crippen molar-refractivity contribution >= 4 is 11.9 Å². The summed E-state index contributed by atoms with van der Waals surface area (Å²) in [5, 5.41) is 0. The summed E-state index contributed by atoms with van der Waals surface area (Å²) >= 11 is 0. The minimum absolute atomic E-state index is 0.0693. The summed E-state index contributed by atoms with van der Waals surface area (Å²) in [5.41, 5.74) is 2.87. The van der Waals surface area contributed by atoms with Gasteiger partial charge in [0.2, 0.25) is 0 Å². The van der Waals surface area contributed by atoms with Gasteiger partial charge in [0, 0.05) is 0 Å². The number of hydrogen-bond donors (Lipinski definition) is 0. The van der Waals surface area contributed by atoms with Crippen LogP contribution < -0.4 is 18.9 Å². The Bertz CT molecular complexity index is 1530. The SMILES string of the molecule is CC(OCC1CO1)c1ccc(OC(=O)c2ccc(OCCCCOc3ccc(C(=O)Oc4ccc(C(C)OCC5CO5)cc4)cc3)cc2)cc1. The number of carbonyl (C=O) groups excluding carboxylic acids is 2. The van der Waals surface area contributed by atoms with Crippen molar-refractivity contribution in [2.45, 2.75) is 51.1 Å². The molecule has 0 amide bonds. The summed E-state index contributed by atoms with van der Waals surface area (Å²) in [6.45, 7) is 7.65. The third-order valence-corrected chi connectivity index (χ3v) is 8.25. The molecule has 0 saturated carbocycles. The van der Waals surface area contributed by atoms with E-state index in [2.05, 4.69) is 0 Å². The van der Waals surface area contributed by atoms with E-state index in [1.807, 2.05) is 38.1 Å². The van der Waals surface area contributed by atoms with Crippen LogP contribution in [0.25, 0.3) is 0 Å². The number of esters is 2. The van der Waals surface area contributed by atoms with Gasteiger partial charge in [-0.2, -0.15) is 0 Å². The number of rotatable bonds is 19. The van der Waals surface area contributed by atoms with Crippen molar-refractivity contribution in [2.75, 3.05) is 39.6 Å². The lowest BCUT2D eigenvalue weighted by atomic mass is 10.1. The zero-order valence-corrected chi connectivity index (χ0v) is 28.3. The highest BCUT2D eigenvalue weighted by molar-refractivity contribution is 5.91. The van der Waals surface area contributed by atoms with Gasteiger partial charge < -0.3 is 37.9 Å². The molecule has 2 aliphatic heterocycles. The lowest BCUT2D eigenvalue weighted by Gasteiger charge is -2.13. The Balaban J connectivity index is 0.842. The fraction of sp³-hybridized carbons (Fsp3) is 0.350. The molecule has 2 aliphatic rings. The maximum atomic E-state index is 12.6. The molecule has 4 aromatic carbocycles. The zero-order chi connectivity index (χ0) is 34.7. The standard InChI is InChI=1S/C40H42O10/c1-27(45-23-37-25-47-37)29-5-17-35(18-6-29)49-39(41)31-9-13-33(14-10-31)43-21-3-4-22-44-34-15-11-32(12-16-34)40(42)50-36-19-7-30(8-20-36)28(2)46-24-38-26-48-38/h5-20,27-28,37-38H,3-4,21-26H2,1-2H3. The Morgan fingerprint density at radius 2 is 0.900 bits per heavy atom. The third kappa shape index (κ3) is 10.9. The molecule has 6 rings (SSSR count). The van der Waals surface area contributed by atoms with E-state index in [1.165, 1.54) is 0 Å². The predicted molar refractivity (Wildman–Crippen MR) is 184 cm³/mol. The maximum Gasteiger partial charge on any atom is 0.343 e. The number of unbranched alkanes of at least 4 members (excludes halogenated alkanes) is 1. The Hall–Kier alpha value is -4.74. The quantitative estimate of drug-likeness (QED) is 0.0432. The van der Waals surface area contributed by atoms with Crippen LogP contribution in [0, 0.1) is 0 Å². The Labute approximate surface area is 292 Å². The Kier molecular flexibility index (Phi) is 12.1. The molecule has 0 radical (unpaired) electrons. The fourth-order valence-corrected chi connectivity index (χ4v) is 4.93. The molecule has 0 bridgehead atoms. The van der Waals surface area contributed by atoms with Crippen molar-refractivity contribution < 1.29 is 47.5 Å². The molecule has 50 heavy (non-hydrogen) atoms. The first-order valence-corrected chi connectivity index (χ1v) is 17.0. The Morgan fingerprint density at radius 1 is 0.560 bits per heavy atom. The number of ether oxygens (including phenoxy) is 8. The minimum atomic E-state index is -0.442. The smallest absolute Gasteiger partial charge is 0.343 e. The molecular formula is C40H42O10. The molecule has 0 aliphatic carbocycles. The largest absolute Gasteiger partial charge is 0.494 e. The van der Waals surface area contributed by atoms with Gasteiger partial charge in [0.15, 0.2) is 0 Å². The van der Waals surface area contributed by atoms with Crippen LogP contribution in [-0.2, 0) is 18.9 Å². The molecule has 10 nitrogen and oxygen atoms in total. The van der Waals surface area contributed by atoms with Crippen molar-refractivity contribution in [1.82, 2.24) is 0 Å². The summed E-state index contributed by atoms with van der Waals surface area (Å²) in [4.78, 5) is 25.2. The van der Waals surface area contributed by atoms with E-state index < -0.39 is 11.9 Å². The lowest BCUT2D eigenvalue weighted by Crippen LogP contribution is -2.09. The molecule has 262 valence electrons.